The van der Waals surface area contributed by atoms with Crippen molar-refractivity contribution in [1.29, 1.82) is 0 Å². The van der Waals surface area contributed by atoms with Gasteiger partial charge in [0.05, 0.1) is 23.3 Å². The molecule has 0 radical (unpaired) electrons. The van der Waals surface area contributed by atoms with Crippen LogP contribution in [0.2, 0.25) is 0 Å². The Bertz CT molecular complexity index is 893. The van der Waals surface area contributed by atoms with Crippen molar-refractivity contribution in [1.82, 2.24) is 29.5 Å². The molecule has 0 aliphatic carbocycles. The highest BCUT2D eigenvalue weighted by Gasteiger charge is 2.25. The lowest BCUT2D eigenvalue weighted by molar-refractivity contribution is 0.367. The molecule has 24 heavy (non-hydrogen) atoms. The Hall–Kier alpha value is -2.64. The number of nitrogens with zero attached hydrogens (tertiary/aromatic N) is 7. The van der Waals surface area contributed by atoms with Crippen LogP contribution >= 0.6 is 0 Å². The Labute approximate surface area is 140 Å². The van der Waals surface area contributed by atoms with E-state index in [1.54, 1.807) is 10.9 Å². The molecule has 126 valence electrons. The summed E-state index contributed by atoms with van der Waals surface area (Å²) in [6.07, 6.45) is 3.90. The number of anilines is 2. The first-order chi connectivity index (χ1) is 11.5. The van der Waals surface area contributed by atoms with E-state index < -0.39 is 0 Å². The number of nitrogens with two attached hydrogens (primary N) is 1. The van der Waals surface area contributed by atoms with Gasteiger partial charge < -0.3 is 10.6 Å². The second kappa shape index (κ2) is 5.47. The van der Waals surface area contributed by atoms with Crippen LogP contribution in [0.4, 0.5) is 11.8 Å². The summed E-state index contributed by atoms with van der Waals surface area (Å²) in [6, 6.07) is 2.45. The molecule has 2 N–H and O–H groups in total. The first-order valence-electron chi connectivity index (χ1n) is 8.26. The van der Waals surface area contributed by atoms with Crippen molar-refractivity contribution in [3.63, 3.8) is 0 Å². The Kier molecular flexibility index (Phi) is 3.40. The van der Waals surface area contributed by atoms with Crippen LogP contribution in [-0.4, -0.2) is 42.6 Å². The van der Waals surface area contributed by atoms with Crippen LogP contribution in [0.1, 0.15) is 30.3 Å². The van der Waals surface area contributed by atoms with Crippen LogP contribution in [-0.2, 0) is 7.05 Å². The van der Waals surface area contributed by atoms with Crippen molar-refractivity contribution < 1.29 is 0 Å². The maximum atomic E-state index is 6.10. The fraction of sp³-hybridized carbons (Fsp3) is 0.500. The maximum Gasteiger partial charge on any atom is 0.229 e. The molecule has 3 aromatic rings. The Morgan fingerprint density at radius 2 is 2.08 bits per heavy atom. The summed E-state index contributed by atoms with van der Waals surface area (Å²) in [5, 5.41) is 9.67. The third-order valence-electron chi connectivity index (χ3n) is 4.68. The highest BCUT2D eigenvalue weighted by molar-refractivity contribution is 5.86. The minimum Gasteiger partial charge on any atom is -0.383 e. The predicted octanol–water partition coefficient (Wildman–Crippen LogP) is 1.60. The van der Waals surface area contributed by atoms with Crippen molar-refractivity contribution in [2.24, 2.45) is 7.05 Å². The first kappa shape index (κ1) is 14.9. The van der Waals surface area contributed by atoms with Crippen molar-refractivity contribution >= 4 is 22.8 Å². The monoisotopic (exact) mass is 326 g/mol. The lowest BCUT2D eigenvalue weighted by Gasteiger charge is -2.33. The quantitative estimate of drug-likeness (QED) is 0.769. The fourth-order valence-electron chi connectivity index (χ4n) is 3.53. The zero-order chi connectivity index (χ0) is 16.8. The zero-order valence-corrected chi connectivity index (χ0v) is 14.3. The van der Waals surface area contributed by atoms with Crippen LogP contribution in [0.3, 0.4) is 0 Å². The molecule has 4 rings (SSSR count). The third kappa shape index (κ3) is 2.38. The summed E-state index contributed by atoms with van der Waals surface area (Å²) < 4.78 is 3.87. The number of hydrogen-bond donors (Lipinski definition) is 1. The average Bonchev–Trinajstić information content (AvgIpc) is 3.10. The summed E-state index contributed by atoms with van der Waals surface area (Å²) >= 11 is 0. The summed E-state index contributed by atoms with van der Waals surface area (Å²) in [5.74, 6) is 1.16. The van der Waals surface area contributed by atoms with Crippen molar-refractivity contribution in [3.8, 4) is 0 Å². The molecular formula is C16H22N8. The number of fused-ring (bicyclic) bond motifs is 1. The van der Waals surface area contributed by atoms with Crippen LogP contribution in [0.5, 0.6) is 0 Å². The Morgan fingerprint density at radius 3 is 2.83 bits per heavy atom. The SMILES string of the molecule is Cc1cc(C)n(C2CCCN(c3nc(N)c4cnn(C)c4n3)C2)n1. The predicted molar refractivity (Wildman–Crippen MR) is 92.9 cm³/mol. The van der Waals surface area contributed by atoms with Gasteiger partial charge in [-0.3, -0.25) is 9.36 Å². The van der Waals surface area contributed by atoms with E-state index in [0.717, 1.165) is 42.7 Å². The number of hydrogen-bond acceptors (Lipinski definition) is 6. The third-order valence-corrected chi connectivity index (χ3v) is 4.68. The van der Waals surface area contributed by atoms with Crippen LogP contribution in [0.25, 0.3) is 11.0 Å². The van der Waals surface area contributed by atoms with Gasteiger partial charge in [-0.1, -0.05) is 0 Å². The summed E-state index contributed by atoms with van der Waals surface area (Å²) in [7, 11) is 1.87. The van der Waals surface area contributed by atoms with E-state index in [1.807, 2.05) is 14.0 Å². The molecule has 1 fully saturated rings. The molecule has 3 aromatic heterocycles. The highest BCUT2D eigenvalue weighted by atomic mass is 15.4. The van der Waals surface area contributed by atoms with E-state index in [-0.39, 0.29) is 0 Å². The van der Waals surface area contributed by atoms with Gasteiger partial charge >= 0.3 is 0 Å². The minimum absolute atomic E-state index is 0.333. The lowest BCUT2D eigenvalue weighted by Crippen LogP contribution is -2.38. The smallest absolute Gasteiger partial charge is 0.229 e. The highest BCUT2D eigenvalue weighted by Crippen LogP contribution is 2.27. The van der Waals surface area contributed by atoms with Crippen molar-refractivity contribution in [3.05, 3.63) is 23.7 Å². The maximum absolute atomic E-state index is 6.10. The van der Waals surface area contributed by atoms with Gasteiger partial charge in [0.25, 0.3) is 0 Å². The molecule has 1 atom stereocenters. The van der Waals surface area contributed by atoms with E-state index in [2.05, 4.69) is 42.7 Å². The number of rotatable bonds is 2. The van der Waals surface area contributed by atoms with Gasteiger partial charge in [-0.15, -0.1) is 0 Å². The van der Waals surface area contributed by atoms with Gasteiger partial charge in [0.2, 0.25) is 5.95 Å². The van der Waals surface area contributed by atoms with Gasteiger partial charge in [-0.25, -0.2) is 0 Å². The fourth-order valence-corrected chi connectivity index (χ4v) is 3.53. The van der Waals surface area contributed by atoms with E-state index >= 15 is 0 Å². The normalized spacial score (nSPS) is 18.5. The Balaban J connectivity index is 1.67. The number of aromatic nitrogens is 6. The van der Waals surface area contributed by atoms with Crippen molar-refractivity contribution in [2.75, 3.05) is 23.7 Å². The number of nitrogen functional groups attached to an aromatic ring is 1. The molecule has 0 bridgehead atoms. The summed E-state index contributed by atoms with van der Waals surface area (Å²) in [5.41, 5.74) is 9.12. The van der Waals surface area contributed by atoms with E-state index in [0.29, 0.717) is 17.8 Å². The molecule has 1 aliphatic rings. The topological polar surface area (TPSA) is 90.7 Å². The molecule has 8 nitrogen and oxygen atoms in total. The van der Waals surface area contributed by atoms with Gasteiger partial charge in [-0.05, 0) is 32.8 Å². The van der Waals surface area contributed by atoms with Crippen LogP contribution in [0.15, 0.2) is 12.3 Å². The molecule has 0 aromatic carbocycles. The molecule has 4 heterocycles. The van der Waals surface area contributed by atoms with Gasteiger partial charge in [0, 0.05) is 25.8 Å². The van der Waals surface area contributed by atoms with Gasteiger partial charge in [0.1, 0.15) is 5.82 Å². The molecule has 8 heteroatoms. The zero-order valence-electron chi connectivity index (χ0n) is 14.3. The first-order valence-corrected chi connectivity index (χ1v) is 8.26. The molecule has 1 saturated heterocycles. The van der Waals surface area contributed by atoms with E-state index in [9.17, 15) is 0 Å². The van der Waals surface area contributed by atoms with E-state index in [1.165, 1.54) is 5.69 Å². The molecule has 1 unspecified atom stereocenters. The molecular weight excluding hydrogens is 304 g/mol. The van der Waals surface area contributed by atoms with Crippen LogP contribution in [0, 0.1) is 13.8 Å². The Morgan fingerprint density at radius 1 is 1.25 bits per heavy atom. The number of aryl methyl sites for hydroxylation is 3. The number of piperidine rings is 1. The van der Waals surface area contributed by atoms with E-state index in [4.69, 9.17) is 5.73 Å². The van der Waals surface area contributed by atoms with Crippen molar-refractivity contribution in [2.45, 2.75) is 32.7 Å². The second-order valence-electron chi connectivity index (χ2n) is 6.53. The van der Waals surface area contributed by atoms with Crippen LogP contribution < -0.4 is 10.6 Å². The lowest BCUT2D eigenvalue weighted by atomic mass is 10.1. The summed E-state index contributed by atoms with van der Waals surface area (Å²) in [6.45, 7) is 5.91. The minimum atomic E-state index is 0.333. The molecule has 0 amide bonds. The summed E-state index contributed by atoms with van der Waals surface area (Å²) in [4.78, 5) is 11.4. The largest absolute Gasteiger partial charge is 0.383 e. The second-order valence-corrected chi connectivity index (χ2v) is 6.53. The average molecular weight is 326 g/mol. The van der Waals surface area contributed by atoms with Gasteiger partial charge in [0.15, 0.2) is 5.65 Å². The molecule has 1 aliphatic heterocycles. The molecule has 0 spiro atoms. The molecule has 0 saturated carbocycles. The standard InChI is InChI=1S/C16H22N8/c1-10-7-11(2)24(21-10)12-5-4-6-23(9-12)16-19-14(17)13-8-18-22(3)15(13)20-16/h7-8,12H,4-6,9H2,1-3H3,(H2,17,19,20). The van der Waals surface area contributed by atoms with Gasteiger partial charge in [-0.2, -0.15) is 20.2 Å².